The fraction of sp³-hybridized carbons (Fsp3) is 0.333. The Labute approximate surface area is 187 Å². The van der Waals surface area contributed by atoms with Crippen molar-refractivity contribution in [2.45, 2.75) is 20.8 Å². The van der Waals surface area contributed by atoms with Gasteiger partial charge in [-0.2, -0.15) is 0 Å². The minimum atomic E-state index is -0.353. The number of ether oxygens (including phenoxy) is 4. The molecule has 170 valence electrons. The third-order valence-corrected chi connectivity index (χ3v) is 4.64. The minimum Gasteiger partial charge on any atom is -0.490 e. The van der Waals surface area contributed by atoms with Crippen LogP contribution in [0.1, 0.15) is 31.1 Å². The lowest BCUT2D eigenvalue weighted by molar-refractivity contribution is -0.121. The molecule has 0 atom stereocenters. The van der Waals surface area contributed by atoms with Crippen LogP contribution in [0.5, 0.6) is 23.0 Å². The highest BCUT2D eigenvalue weighted by Crippen LogP contribution is 2.40. The summed E-state index contributed by atoms with van der Waals surface area (Å²) in [7, 11) is 0. The molecule has 1 aliphatic heterocycles. The van der Waals surface area contributed by atoms with Gasteiger partial charge in [0, 0.05) is 17.8 Å². The van der Waals surface area contributed by atoms with Gasteiger partial charge in [-0.3, -0.25) is 9.59 Å². The van der Waals surface area contributed by atoms with Gasteiger partial charge in [-0.25, -0.2) is 0 Å². The van der Waals surface area contributed by atoms with Crippen LogP contribution >= 0.6 is 0 Å². The summed E-state index contributed by atoms with van der Waals surface area (Å²) in [6.07, 6.45) is 1.64. The number of hydrogen-bond acceptors (Lipinski definition) is 6. The number of benzene rings is 2. The maximum Gasteiger partial charge on any atom is 0.265 e. The van der Waals surface area contributed by atoms with E-state index >= 15 is 0 Å². The topological polar surface area (TPSA) is 86.3 Å². The van der Waals surface area contributed by atoms with Crippen molar-refractivity contribution in [2.24, 2.45) is 0 Å². The molecular weight excluding hydrogens is 412 g/mol. The van der Waals surface area contributed by atoms with Crippen LogP contribution in [0.4, 0.5) is 11.4 Å². The highest BCUT2D eigenvalue weighted by atomic mass is 16.5. The van der Waals surface area contributed by atoms with Crippen LogP contribution < -0.4 is 29.2 Å². The Morgan fingerprint density at radius 2 is 1.75 bits per heavy atom. The fourth-order valence-corrected chi connectivity index (χ4v) is 3.33. The van der Waals surface area contributed by atoms with Gasteiger partial charge < -0.3 is 29.2 Å². The van der Waals surface area contributed by atoms with Gasteiger partial charge in [-0.15, -0.1) is 6.58 Å². The monoisotopic (exact) mass is 440 g/mol. The lowest BCUT2D eigenvalue weighted by Crippen LogP contribution is -2.38. The van der Waals surface area contributed by atoms with Crippen molar-refractivity contribution in [3.05, 3.63) is 48.6 Å². The Balaban J connectivity index is 1.91. The highest BCUT2D eigenvalue weighted by Gasteiger charge is 2.25. The van der Waals surface area contributed by atoms with Crippen molar-refractivity contribution < 1.29 is 28.5 Å². The van der Waals surface area contributed by atoms with Gasteiger partial charge in [0.1, 0.15) is 5.75 Å². The van der Waals surface area contributed by atoms with E-state index in [9.17, 15) is 9.59 Å². The number of amides is 2. The zero-order valence-electron chi connectivity index (χ0n) is 18.6. The summed E-state index contributed by atoms with van der Waals surface area (Å²) in [5.41, 5.74) is 1.45. The van der Waals surface area contributed by atoms with Gasteiger partial charge >= 0.3 is 0 Å². The second-order valence-corrected chi connectivity index (χ2v) is 6.82. The zero-order valence-corrected chi connectivity index (χ0v) is 18.6. The Bertz CT molecular complexity index is 977. The van der Waals surface area contributed by atoms with E-state index in [-0.39, 0.29) is 18.4 Å². The molecule has 0 aliphatic carbocycles. The van der Waals surface area contributed by atoms with Gasteiger partial charge in [-0.05, 0) is 51.1 Å². The first-order chi connectivity index (χ1) is 15.5. The Morgan fingerprint density at radius 3 is 2.34 bits per heavy atom. The number of nitrogens with one attached hydrogen (secondary N) is 1. The van der Waals surface area contributed by atoms with Crippen molar-refractivity contribution in [1.29, 1.82) is 0 Å². The van der Waals surface area contributed by atoms with Crippen LogP contribution in [0.3, 0.4) is 0 Å². The smallest absolute Gasteiger partial charge is 0.265 e. The van der Waals surface area contributed by atoms with E-state index in [2.05, 4.69) is 11.9 Å². The number of carbonyl (C=O) groups excluding carboxylic acids is 2. The maximum absolute atomic E-state index is 13.0. The first kappa shape index (κ1) is 23.0. The molecule has 0 saturated heterocycles. The molecule has 2 aromatic carbocycles. The maximum atomic E-state index is 13.0. The second kappa shape index (κ2) is 10.6. The molecule has 1 aliphatic rings. The van der Waals surface area contributed by atoms with E-state index in [0.717, 1.165) is 0 Å². The van der Waals surface area contributed by atoms with Gasteiger partial charge in [0.15, 0.2) is 18.1 Å². The molecule has 32 heavy (non-hydrogen) atoms. The first-order valence-corrected chi connectivity index (χ1v) is 10.6. The van der Waals surface area contributed by atoms with E-state index in [0.29, 0.717) is 66.3 Å². The highest BCUT2D eigenvalue weighted by molar-refractivity contribution is 6.06. The summed E-state index contributed by atoms with van der Waals surface area (Å²) in [5.74, 6) is 1.39. The summed E-state index contributed by atoms with van der Waals surface area (Å²) in [6, 6.07) is 8.40. The molecule has 1 heterocycles. The predicted molar refractivity (Wildman–Crippen MR) is 122 cm³/mol. The summed E-state index contributed by atoms with van der Waals surface area (Å²) >= 11 is 0. The molecular formula is C24H28N2O6. The van der Waals surface area contributed by atoms with Crippen LogP contribution in [0.15, 0.2) is 43.0 Å². The molecule has 0 unspecified atom stereocenters. The Kier molecular flexibility index (Phi) is 7.59. The number of nitrogens with zero attached hydrogens (tertiary/aromatic N) is 1. The van der Waals surface area contributed by atoms with Gasteiger partial charge in [0.25, 0.3) is 11.8 Å². The third-order valence-electron chi connectivity index (χ3n) is 4.64. The third kappa shape index (κ3) is 4.96. The van der Waals surface area contributed by atoms with Crippen LogP contribution in [0.2, 0.25) is 0 Å². The SMILES string of the molecule is C=CCN1C(=O)COc2ccc(NC(=O)c3cc(OCC)c(OCC)c(OCC)c3)cc21. The molecule has 1 N–H and O–H groups in total. The quantitative estimate of drug-likeness (QED) is 0.561. The molecule has 2 aromatic rings. The Hall–Kier alpha value is -3.68. The van der Waals surface area contributed by atoms with Crippen molar-refractivity contribution >= 4 is 23.2 Å². The summed E-state index contributed by atoms with van der Waals surface area (Å²) in [5, 5.41) is 2.87. The second-order valence-electron chi connectivity index (χ2n) is 6.82. The molecule has 0 spiro atoms. The number of fused-ring (bicyclic) bond motifs is 1. The molecule has 8 nitrogen and oxygen atoms in total. The van der Waals surface area contributed by atoms with Crippen LogP contribution in [-0.2, 0) is 4.79 Å². The molecule has 0 aromatic heterocycles. The normalized spacial score (nSPS) is 12.5. The minimum absolute atomic E-state index is 0.0286. The predicted octanol–water partition coefficient (Wildman–Crippen LogP) is 4.05. The van der Waals surface area contributed by atoms with Crippen molar-refractivity contribution in [3.8, 4) is 23.0 Å². The van der Waals surface area contributed by atoms with E-state index < -0.39 is 0 Å². The van der Waals surface area contributed by atoms with Crippen LogP contribution in [0.25, 0.3) is 0 Å². The van der Waals surface area contributed by atoms with Crippen molar-refractivity contribution in [3.63, 3.8) is 0 Å². The first-order valence-electron chi connectivity index (χ1n) is 10.6. The summed E-state index contributed by atoms with van der Waals surface area (Å²) < 4.78 is 22.6. The van der Waals surface area contributed by atoms with Gasteiger partial charge in [0.05, 0.1) is 25.5 Å². The molecule has 8 heteroatoms. The molecule has 3 rings (SSSR count). The number of carbonyl (C=O) groups is 2. The van der Waals surface area contributed by atoms with Crippen LogP contribution in [0, 0.1) is 0 Å². The molecule has 0 radical (unpaired) electrons. The van der Waals surface area contributed by atoms with E-state index in [1.165, 1.54) is 0 Å². The number of hydrogen-bond donors (Lipinski definition) is 1. The van der Waals surface area contributed by atoms with Gasteiger partial charge in [-0.1, -0.05) is 6.08 Å². The fourth-order valence-electron chi connectivity index (χ4n) is 3.33. The van der Waals surface area contributed by atoms with Crippen molar-refractivity contribution in [1.82, 2.24) is 0 Å². The lowest BCUT2D eigenvalue weighted by Gasteiger charge is -2.28. The van der Waals surface area contributed by atoms with Crippen LogP contribution in [-0.4, -0.2) is 44.8 Å². The van der Waals surface area contributed by atoms with Crippen molar-refractivity contribution in [2.75, 3.05) is 43.2 Å². The largest absolute Gasteiger partial charge is 0.490 e. The zero-order chi connectivity index (χ0) is 23.1. The number of anilines is 2. The Morgan fingerprint density at radius 1 is 1.09 bits per heavy atom. The molecule has 2 amide bonds. The summed E-state index contributed by atoms with van der Waals surface area (Å²) in [6.45, 7) is 10.9. The standard InChI is InChI=1S/C24H28N2O6/c1-5-11-26-18-14-17(9-10-19(18)32-15-22(26)27)25-24(28)16-12-20(29-6-2)23(31-8-4)21(13-16)30-7-3/h5,9-10,12-14H,1,6-8,11,15H2,2-4H3,(H,25,28). The van der Waals surface area contributed by atoms with E-state index in [1.54, 1.807) is 41.3 Å². The molecule has 0 fully saturated rings. The van der Waals surface area contributed by atoms with E-state index in [4.69, 9.17) is 18.9 Å². The van der Waals surface area contributed by atoms with Gasteiger partial charge in [0.2, 0.25) is 5.75 Å². The lowest BCUT2D eigenvalue weighted by atomic mass is 10.1. The van der Waals surface area contributed by atoms with E-state index in [1.807, 2.05) is 20.8 Å². The average Bonchev–Trinajstić information content (AvgIpc) is 2.78. The number of rotatable bonds is 10. The summed E-state index contributed by atoms with van der Waals surface area (Å²) in [4.78, 5) is 26.8. The molecule has 0 bridgehead atoms. The molecule has 0 saturated carbocycles. The average molecular weight is 440 g/mol.